The minimum Gasteiger partial charge on any atom is -0.247 e. The normalized spacial score (nSPS) is 14.5. The van der Waals surface area contributed by atoms with Gasteiger partial charge in [-0.15, -0.1) is 0 Å². The highest BCUT2D eigenvalue weighted by Crippen LogP contribution is 2.66. The second-order valence-electron chi connectivity index (χ2n) is 15.4. The first-order valence-corrected chi connectivity index (χ1v) is 20.2. The molecule has 2 aliphatic rings. The lowest BCUT2D eigenvalue weighted by molar-refractivity contribution is 0.801. The second-order valence-corrected chi connectivity index (χ2v) is 15.4. The maximum atomic E-state index is 5.43. The summed E-state index contributed by atoms with van der Waals surface area (Å²) in [6.07, 6.45) is 0. The van der Waals surface area contributed by atoms with Gasteiger partial charge in [0.15, 0.2) is 5.82 Å². The molecule has 59 heavy (non-hydrogen) atoms. The van der Waals surface area contributed by atoms with Crippen LogP contribution in [0.5, 0.6) is 0 Å². The number of aromatic nitrogens is 3. The van der Waals surface area contributed by atoms with E-state index in [1.54, 1.807) is 0 Å². The van der Waals surface area contributed by atoms with Crippen LogP contribution in [0.25, 0.3) is 89.4 Å². The Balaban J connectivity index is 1.11. The van der Waals surface area contributed by atoms with Gasteiger partial charge in [-0.05, 0) is 68.3 Å². The van der Waals surface area contributed by atoms with Gasteiger partial charge in [-0.3, -0.25) is 0 Å². The summed E-state index contributed by atoms with van der Waals surface area (Å²) in [5.41, 5.74) is 19.9. The van der Waals surface area contributed by atoms with Gasteiger partial charge >= 0.3 is 0 Å². The third-order valence-corrected chi connectivity index (χ3v) is 12.3. The predicted octanol–water partition coefficient (Wildman–Crippen LogP) is 13.7. The zero-order valence-corrected chi connectivity index (χ0v) is 32.0. The highest BCUT2D eigenvalue weighted by Gasteiger charge is 2.53. The van der Waals surface area contributed by atoms with Crippen LogP contribution in [-0.4, -0.2) is 15.0 Å². The fourth-order valence-corrected chi connectivity index (χ4v) is 9.88. The molecule has 0 bridgehead atoms. The van der Waals surface area contributed by atoms with E-state index in [2.05, 4.69) is 200 Å². The predicted molar refractivity (Wildman–Crippen MR) is 241 cm³/mol. The number of nitrogens with zero attached hydrogens (tertiary/aromatic N) is 3. The minimum absolute atomic E-state index is 0.560. The van der Waals surface area contributed by atoms with E-state index < -0.39 is 5.41 Å². The first-order chi connectivity index (χ1) is 29.3. The van der Waals surface area contributed by atoms with Crippen LogP contribution in [0.3, 0.4) is 0 Å². The number of rotatable bonds is 5. The summed E-state index contributed by atoms with van der Waals surface area (Å²) in [6, 6.07) is 76.0. The SMILES string of the molecule is c1ccc(-c2cc(-c3ccccc3)nc(-c3cccc(-c4cccc5c4-c4ccccc4C54c5ccccc5-c5c(-c6ccccc6)nc6ccccc6c54)c3)n2)cc1. The Morgan fingerprint density at radius 1 is 0.322 bits per heavy atom. The highest BCUT2D eigenvalue weighted by atomic mass is 14.9. The quantitative estimate of drug-likeness (QED) is 0.176. The first-order valence-electron chi connectivity index (χ1n) is 20.2. The van der Waals surface area contributed by atoms with E-state index in [1.807, 2.05) is 12.1 Å². The van der Waals surface area contributed by atoms with Crippen LogP contribution in [-0.2, 0) is 5.41 Å². The number of hydrogen-bond acceptors (Lipinski definition) is 3. The van der Waals surface area contributed by atoms with Crippen LogP contribution >= 0.6 is 0 Å². The Labute approximate surface area is 343 Å². The molecule has 0 amide bonds. The Bertz CT molecular complexity index is 3210. The van der Waals surface area contributed by atoms with Crippen molar-refractivity contribution in [3.8, 4) is 78.5 Å². The zero-order valence-electron chi connectivity index (χ0n) is 32.0. The molecule has 1 spiro atoms. The molecule has 0 N–H and O–H groups in total. The van der Waals surface area contributed by atoms with Crippen molar-refractivity contribution in [3.05, 3.63) is 235 Å². The molecule has 10 aromatic rings. The summed E-state index contributed by atoms with van der Waals surface area (Å²) < 4.78 is 0. The van der Waals surface area contributed by atoms with Crippen molar-refractivity contribution >= 4 is 10.9 Å². The molecule has 2 heterocycles. The van der Waals surface area contributed by atoms with Crippen LogP contribution in [0.4, 0.5) is 0 Å². The average Bonchev–Trinajstić information content (AvgIpc) is 3.80. The molecule has 0 saturated carbocycles. The molecule has 274 valence electrons. The van der Waals surface area contributed by atoms with Crippen LogP contribution in [0.2, 0.25) is 0 Å². The van der Waals surface area contributed by atoms with E-state index in [1.165, 1.54) is 55.5 Å². The number of hydrogen-bond donors (Lipinski definition) is 0. The summed E-state index contributed by atoms with van der Waals surface area (Å²) in [6.45, 7) is 0. The monoisotopic (exact) mass is 749 g/mol. The van der Waals surface area contributed by atoms with Crippen LogP contribution in [0.15, 0.2) is 212 Å². The molecule has 2 aromatic heterocycles. The summed E-state index contributed by atoms with van der Waals surface area (Å²) in [5.74, 6) is 0.697. The Morgan fingerprint density at radius 2 is 0.814 bits per heavy atom. The third kappa shape index (κ3) is 4.98. The van der Waals surface area contributed by atoms with Crippen LogP contribution < -0.4 is 0 Å². The summed E-state index contributed by atoms with van der Waals surface area (Å²) in [4.78, 5) is 15.8. The third-order valence-electron chi connectivity index (χ3n) is 12.3. The molecule has 0 aliphatic heterocycles. The van der Waals surface area contributed by atoms with Crippen molar-refractivity contribution in [2.24, 2.45) is 0 Å². The van der Waals surface area contributed by atoms with Crippen LogP contribution in [0.1, 0.15) is 22.3 Å². The molecule has 0 radical (unpaired) electrons. The molecule has 3 nitrogen and oxygen atoms in total. The van der Waals surface area contributed by atoms with Crippen molar-refractivity contribution in [1.29, 1.82) is 0 Å². The Kier molecular flexibility index (Phi) is 7.45. The standard InChI is InChI=1S/C56H35N3/c1-4-18-36(19-5-1)49-35-50(37-20-6-2-7-21-37)59-55(58-49)40-25-16-24-39(34-40)41-29-17-32-47-51(41)42-26-10-13-30-45(42)56(47)46-31-14-11-27-43(46)52-53(56)44-28-12-15-33-48(44)57-54(52)38-22-8-3-9-23-38/h1-35H. The molecule has 0 fully saturated rings. The molecule has 1 unspecified atom stereocenters. The van der Waals surface area contributed by atoms with E-state index in [-0.39, 0.29) is 0 Å². The molecule has 2 aliphatic carbocycles. The van der Waals surface area contributed by atoms with Crippen molar-refractivity contribution in [1.82, 2.24) is 15.0 Å². The molecule has 1 atom stereocenters. The molecule has 8 aromatic carbocycles. The Hall–Kier alpha value is -7.75. The van der Waals surface area contributed by atoms with Crippen molar-refractivity contribution in [2.45, 2.75) is 5.41 Å². The lowest BCUT2D eigenvalue weighted by atomic mass is 9.69. The number of benzene rings is 8. The van der Waals surface area contributed by atoms with Gasteiger partial charge in [0, 0.05) is 33.2 Å². The smallest absolute Gasteiger partial charge is 0.160 e. The van der Waals surface area contributed by atoms with Crippen LogP contribution in [0, 0.1) is 0 Å². The van der Waals surface area contributed by atoms with Gasteiger partial charge in [-0.25, -0.2) is 15.0 Å². The van der Waals surface area contributed by atoms with E-state index in [0.29, 0.717) is 5.82 Å². The van der Waals surface area contributed by atoms with Gasteiger partial charge in [0.25, 0.3) is 0 Å². The number of pyridine rings is 1. The Morgan fingerprint density at radius 3 is 1.49 bits per heavy atom. The fourth-order valence-electron chi connectivity index (χ4n) is 9.88. The molecule has 12 rings (SSSR count). The van der Waals surface area contributed by atoms with Gasteiger partial charge in [-0.1, -0.05) is 194 Å². The molecular weight excluding hydrogens is 715 g/mol. The van der Waals surface area contributed by atoms with Crippen molar-refractivity contribution in [2.75, 3.05) is 0 Å². The zero-order chi connectivity index (χ0) is 38.9. The number of fused-ring (bicyclic) bond motifs is 12. The van der Waals surface area contributed by atoms with Crippen molar-refractivity contribution < 1.29 is 0 Å². The summed E-state index contributed by atoms with van der Waals surface area (Å²) >= 11 is 0. The van der Waals surface area contributed by atoms with Gasteiger partial charge in [0.05, 0.1) is 28.0 Å². The van der Waals surface area contributed by atoms with E-state index in [9.17, 15) is 0 Å². The topological polar surface area (TPSA) is 38.7 Å². The largest absolute Gasteiger partial charge is 0.247 e. The maximum Gasteiger partial charge on any atom is 0.160 e. The minimum atomic E-state index is -0.560. The first kappa shape index (κ1) is 33.4. The van der Waals surface area contributed by atoms with Crippen molar-refractivity contribution in [3.63, 3.8) is 0 Å². The van der Waals surface area contributed by atoms with Gasteiger partial charge in [0.1, 0.15) is 0 Å². The highest BCUT2D eigenvalue weighted by molar-refractivity contribution is 6.08. The molecular formula is C56H35N3. The average molecular weight is 750 g/mol. The lowest BCUT2D eigenvalue weighted by Crippen LogP contribution is -2.26. The number of para-hydroxylation sites is 1. The van der Waals surface area contributed by atoms with Gasteiger partial charge in [0.2, 0.25) is 0 Å². The second kappa shape index (κ2) is 13.2. The maximum absolute atomic E-state index is 5.43. The fraction of sp³-hybridized carbons (Fsp3) is 0.0179. The van der Waals surface area contributed by atoms with Gasteiger partial charge < -0.3 is 0 Å². The molecule has 3 heteroatoms. The summed E-state index contributed by atoms with van der Waals surface area (Å²) in [5, 5.41) is 1.18. The molecule has 0 saturated heterocycles. The van der Waals surface area contributed by atoms with E-state index >= 15 is 0 Å². The lowest BCUT2D eigenvalue weighted by Gasteiger charge is -2.31. The summed E-state index contributed by atoms with van der Waals surface area (Å²) in [7, 11) is 0. The van der Waals surface area contributed by atoms with E-state index in [0.717, 1.165) is 50.4 Å². The van der Waals surface area contributed by atoms with E-state index in [4.69, 9.17) is 15.0 Å². The van der Waals surface area contributed by atoms with Gasteiger partial charge in [-0.2, -0.15) is 0 Å².